The lowest BCUT2D eigenvalue weighted by Gasteiger charge is -2.18. The van der Waals surface area contributed by atoms with E-state index in [0.717, 1.165) is 12.1 Å². The second-order valence-electron chi connectivity index (χ2n) is 8.64. The number of ether oxygens (including phenoxy) is 1. The maximum Gasteiger partial charge on any atom is 0.416 e. The van der Waals surface area contributed by atoms with Gasteiger partial charge in [0.15, 0.2) is 23.2 Å². The number of hydrogen-bond acceptors (Lipinski definition) is 8. The number of likely N-dealkylation sites (tertiary alicyclic amines) is 1. The zero-order valence-electron chi connectivity index (χ0n) is 18.4. The number of imidazole rings is 1. The largest absolute Gasteiger partial charge is 0.416 e. The lowest BCUT2D eigenvalue weighted by atomic mass is 10.1. The Bertz CT molecular complexity index is 1220. The van der Waals surface area contributed by atoms with Crippen molar-refractivity contribution in [3.05, 3.63) is 48.0 Å². The number of alkyl halides is 3. The second-order valence-corrected chi connectivity index (χ2v) is 8.64. The number of aliphatic hydroxyl groups excluding tert-OH is 2. The molecule has 2 aliphatic heterocycles. The maximum absolute atomic E-state index is 12.8. The fraction of sp³-hybridized carbons (Fsp3) is 0.455. The van der Waals surface area contributed by atoms with Gasteiger partial charge in [-0.2, -0.15) is 13.2 Å². The van der Waals surface area contributed by atoms with Gasteiger partial charge in [0.25, 0.3) is 5.91 Å². The van der Waals surface area contributed by atoms with Crippen LogP contribution in [0.1, 0.15) is 35.0 Å². The lowest BCUT2D eigenvalue weighted by molar-refractivity contribution is -0.137. The summed E-state index contributed by atoms with van der Waals surface area (Å²) in [4.78, 5) is 27.3. The van der Waals surface area contributed by atoms with Gasteiger partial charge in [-0.1, -0.05) is 0 Å². The number of hydrogen-bond donors (Lipinski definition) is 3. The molecule has 186 valence electrons. The van der Waals surface area contributed by atoms with E-state index >= 15 is 0 Å². The first-order valence-corrected chi connectivity index (χ1v) is 11.1. The van der Waals surface area contributed by atoms with Crippen molar-refractivity contribution in [3.63, 3.8) is 0 Å². The SMILES string of the molecule is O=C(c1ccc(C(F)(F)F)cc1)N1CC[C@@H](Nc2ncnc3c2ncn3[C@@H]2O[C@H](CO)C[C@H]2O)C1. The summed E-state index contributed by atoms with van der Waals surface area (Å²) in [5.41, 5.74) is 0.298. The van der Waals surface area contributed by atoms with Gasteiger partial charge in [0.2, 0.25) is 0 Å². The highest BCUT2D eigenvalue weighted by Gasteiger charge is 2.36. The van der Waals surface area contributed by atoms with Gasteiger partial charge in [0.1, 0.15) is 12.4 Å². The first kappa shape index (κ1) is 23.5. The summed E-state index contributed by atoms with van der Waals surface area (Å²) < 4.78 is 45.6. The van der Waals surface area contributed by atoms with Gasteiger partial charge in [0, 0.05) is 31.1 Å². The first-order chi connectivity index (χ1) is 16.7. The molecule has 0 spiro atoms. The predicted octanol–water partition coefficient (Wildman–Crippen LogP) is 1.81. The number of fused-ring (bicyclic) bond motifs is 1. The standard InChI is InChI=1S/C22H23F3N6O4/c23-22(24,25)13-3-1-12(2-4-13)20(34)30-6-5-14(8-30)29-18-17-19(27-10-26-18)31(11-28-17)21-16(33)7-15(9-32)35-21/h1-4,10-11,14-16,21,32-33H,5-9H2,(H,26,27,29)/t14-,15+,16-,21-/m1/s1. The van der Waals surface area contributed by atoms with Gasteiger partial charge >= 0.3 is 6.18 Å². The van der Waals surface area contributed by atoms with E-state index in [1.807, 2.05) is 0 Å². The molecule has 3 aromatic rings. The van der Waals surface area contributed by atoms with Crippen LogP contribution < -0.4 is 5.32 Å². The smallest absolute Gasteiger partial charge is 0.394 e. The Morgan fingerprint density at radius 3 is 2.66 bits per heavy atom. The van der Waals surface area contributed by atoms with Gasteiger partial charge in [-0.3, -0.25) is 9.36 Å². The average molecular weight is 492 g/mol. The molecule has 13 heteroatoms. The normalized spacial score (nSPS) is 24.9. The summed E-state index contributed by atoms with van der Waals surface area (Å²) in [6, 6.07) is 4.03. The molecule has 2 aliphatic rings. The van der Waals surface area contributed by atoms with Crippen molar-refractivity contribution >= 4 is 22.9 Å². The van der Waals surface area contributed by atoms with E-state index < -0.39 is 30.2 Å². The minimum Gasteiger partial charge on any atom is -0.394 e. The van der Waals surface area contributed by atoms with E-state index in [9.17, 15) is 28.2 Å². The monoisotopic (exact) mass is 492 g/mol. The minimum atomic E-state index is -4.46. The summed E-state index contributed by atoms with van der Waals surface area (Å²) in [5.74, 6) is 0.111. The Labute approximate surface area is 197 Å². The predicted molar refractivity (Wildman–Crippen MR) is 116 cm³/mol. The molecule has 3 N–H and O–H groups in total. The third-order valence-corrected chi connectivity index (χ3v) is 6.28. The van der Waals surface area contributed by atoms with Gasteiger partial charge in [-0.05, 0) is 30.7 Å². The molecule has 2 saturated heterocycles. The lowest BCUT2D eigenvalue weighted by Crippen LogP contribution is -2.31. The van der Waals surface area contributed by atoms with Gasteiger partial charge in [-0.15, -0.1) is 0 Å². The van der Waals surface area contributed by atoms with Crippen LogP contribution in [0.3, 0.4) is 0 Å². The maximum atomic E-state index is 12.8. The molecule has 4 atom stereocenters. The molecule has 4 heterocycles. The van der Waals surface area contributed by atoms with E-state index in [1.54, 1.807) is 9.47 Å². The van der Waals surface area contributed by atoms with E-state index in [0.29, 0.717) is 42.9 Å². The molecule has 2 aromatic heterocycles. The van der Waals surface area contributed by atoms with Crippen LogP contribution in [0.4, 0.5) is 19.0 Å². The molecule has 0 saturated carbocycles. The third kappa shape index (κ3) is 4.54. The van der Waals surface area contributed by atoms with E-state index in [2.05, 4.69) is 20.3 Å². The molecule has 0 aliphatic carbocycles. The minimum absolute atomic E-state index is 0.149. The van der Waals surface area contributed by atoms with Crippen LogP contribution in [0.15, 0.2) is 36.9 Å². The molecule has 35 heavy (non-hydrogen) atoms. The Kier molecular flexibility index (Phi) is 6.07. The molecule has 0 bridgehead atoms. The molecule has 2 fully saturated rings. The van der Waals surface area contributed by atoms with Crippen molar-refractivity contribution in [2.45, 2.75) is 43.5 Å². The van der Waals surface area contributed by atoms with Gasteiger partial charge in [0.05, 0.1) is 24.6 Å². The molecular formula is C22H23F3N6O4. The molecule has 0 unspecified atom stereocenters. The number of benzene rings is 1. The summed E-state index contributed by atoms with van der Waals surface area (Å²) in [6.07, 6.45) is -2.73. The highest BCUT2D eigenvalue weighted by molar-refractivity contribution is 5.94. The molecule has 1 amide bonds. The van der Waals surface area contributed by atoms with Crippen molar-refractivity contribution in [3.8, 4) is 0 Å². The van der Waals surface area contributed by atoms with E-state index in [1.165, 1.54) is 24.8 Å². The Morgan fingerprint density at radius 1 is 1.20 bits per heavy atom. The summed E-state index contributed by atoms with van der Waals surface area (Å²) in [7, 11) is 0. The van der Waals surface area contributed by atoms with E-state index in [4.69, 9.17) is 4.74 Å². The molecule has 1 aromatic carbocycles. The number of carbonyl (C=O) groups is 1. The van der Waals surface area contributed by atoms with Gasteiger partial charge < -0.3 is 25.2 Å². The van der Waals surface area contributed by atoms with Crippen LogP contribution in [0.25, 0.3) is 11.2 Å². The number of halogens is 3. The first-order valence-electron chi connectivity index (χ1n) is 11.1. The Morgan fingerprint density at radius 2 is 1.97 bits per heavy atom. The number of aromatic nitrogens is 4. The van der Waals surface area contributed by atoms with Crippen molar-refractivity contribution in [2.75, 3.05) is 25.0 Å². The van der Waals surface area contributed by atoms with E-state index in [-0.39, 0.29) is 24.1 Å². The van der Waals surface area contributed by atoms with Crippen molar-refractivity contribution in [1.29, 1.82) is 0 Å². The summed E-state index contributed by atoms with van der Waals surface area (Å²) in [6.45, 7) is 0.574. The summed E-state index contributed by atoms with van der Waals surface area (Å²) >= 11 is 0. The number of nitrogens with one attached hydrogen (secondary N) is 1. The molecular weight excluding hydrogens is 469 g/mol. The summed E-state index contributed by atoms with van der Waals surface area (Å²) in [5, 5.41) is 22.9. The quantitative estimate of drug-likeness (QED) is 0.493. The van der Waals surface area contributed by atoms with Crippen LogP contribution >= 0.6 is 0 Å². The van der Waals surface area contributed by atoms with Crippen LogP contribution in [-0.4, -0.2) is 78.5 Å². The van der Waals surface area contributed by atoms with Crippen LogP contribution in [0, 0.1) is 0 Å². The Balaban J connectivity index is 1.27. The topological polar surface area (TPSA) is 126 Å². The average Bonchev–Trinajstić information content (AvgIpc) is 3.56. The van der Waals surface area contributed by atoms with Crippen molar-refractivity contribution in [2.24, 2.45) is 0 Å². The number of nitrogens with zero attached hydrogens (tertiary/aromatic N) is 5. The zero-order chi connectivity index (χ0) is 24.7. The zero-order valence-corrected chi connectivity index (χ0v) is 18.4. The fourth-order valence-electron chi connectivity index (χ4n) is 4.48. The molecule has 5 rings (SSSR count). The van der Waals surface area contributed by atoms with Crippen LogP contribution in [-0.2, 0) is 10.9 Å². The van der Waals surface area contributed by atoms with Crippen LogP contribution in [0.5, 0.6) is 0 Å². The highest BCUT2D eigenvalue weighted by atomic mass is 19.4. The number of anilines is 1. The highest BCUT2D eigenvalue weighted by Crippen LogP contribution is 2.32. The van der Waals surface area contributed by atoms with Crippen molar-refractivity contribution < 1.29 is 32.9 Å². The molecule has 0 radical (unpaired) electrons. The number of rotatable bonds is 5. The fourth-order valence-corrected chi connectivity index (χ4v) is 4.48. The number of aliphatic hydroxyl groups is 2. The van der Waals surface area contributed by atoms with Crippen molar-refractivity contribution in [1.82, 2.24) is 24.4 Å². The van der Waals surface area contributed by atoms with Crippen LogP contribution in [0.2, 0.25) is 0 Å². The third-order valence-electron chi connectivity index (χ3n) is 6.28. The number of amides is 1. The molecule has 10 nitrogen and oxygen atoms in total. The second kappa shape index (κ2) is 9.06. The van der Waals surface area contributed by atoms with Gasteiger partial charge in [-0.25, -0.2) is 15.0 Å². The Hall–Kier alpha value is -3.29. The number of carbonyl (C=O) groups excluding carboxylic acids is 1.